The lowest BCUT2D eigenvalue weighted by Crippen LogP contribution is -2.31. The first-order chi connectivity index (χ1) is 8.70. The average molecular weight is 246 g/mol. The van der Waals surface area contributed by atoms with Crippen LogP contribution >= 0.6 is 0 Å². The molecule has 1 heterocycles. The lowest BCUT2D eigenvalue weighted by atomic mass is 9.79. The molecule has 0 atom stereocenters. The quantitative estimate of drug-likeness (QED) is 0.737. The van der Waals surface area contributed by atoms with E-state index in [-0.39, 0.29) is 0 Å². The smallest absolute Gasteiger partial charge is 0.489 e. The zero-order valence-electron chi connectivity index (χ0n) is 10.2. The molecule has 0 aliphatic heterocycles. The van der Waals surface area contributed by atoms with Gasteiger partial charge in [-0.05, 0) is 13.0 Å². The van der Waals surface area contributed by atoms with E-state index in [2.05, 4.69) is 5.10 Å². The number of rotatable bonds is 5. The Bertz CT molecular complexity index is 514. The first kappa shape index (κ1) is 12.7. The molecule has 0 bridgehead atoms. The van der Waals surface area contributed by atoms with Crippen LogP contribution in [0.15, 0.2) is 36.7 Å². The summed E-state index contributed by atoms with van der Waals surface area (Å²) >= 11 is 0. The van der Waals surface area contributed by atoms with Crippen LogP contribution in [0.2, 0.25) is 0 Å². The van der Waals surface area contributed by atoms with Crippen LogP contribution in [-0.2, 0) is 13.2 Å². The molecule has 2 N–H and O–H groups in total. The molecule has 0 aliphatic carbocycles. The summed E-state index contributed by atoms with van der Waals surface area (Å²) in [7, 11) is -1.53. The number of benzene rings is 1. The largest absolute Gasteiger partial charge is 0.492 e. The van der Waals surface area contributed by atoms with E-state index in [1.165, 1.54) is 0 Å². The van der Waals surface area contributed by atoms with Crippen molar-refractivity contribution in [1.82, 2.24) is 9.78 Å². The fourth-order valence-corrected chi connectivity index (χ4v) is 1.64. The standard InChI is InChI=1S/C12H15BN2O3/c1-2-15-8-10(7-14-15)9-18-12-6-4-3-5-11(12)13(16)17/h3-8,16-17H,2,9H2,1H3. The molecule has 0 saturated carbocycles. The number of ether oxygens (including phenoxy) is 1. The van der Waals surface area contributed by atoms with Gasteiger partial charge in [0.05, 0.1) is 6.20 Å². The molecule has 6 heteroatoms. The van der Waals surface area contributed by atoms with Crippen LogP contribution in [-0.4, -0.2) is 26.9 Å². The van der Waals surface area contributed by atoms with Crippen molar-refractivity contribution >= 4 is 12.6 Å². The normalized spacial score (nSPS) is 10.4. The summed E-state index contributed by atoms with van der Waals surface area (Å²) in [4.78, 5) is 0. The molecule has 5 nitrogen and oxygen atoms in total. The van der Waals surface area contributed by atoms with E-state index in [0.29, 0.717) is 17.8 Å². The van der Waals surface area contributed by atoms with Gasteiger partial charge >= 0.3 is 7.12 Å². The van der Waals surface area contributed by atoms with Crippen LogP contribution in [0.3, 0.4) is 0 Å². The van der Waals surface area contributed by atoms with Gasteiger partial charge in [-0.15, -0.1) is 0 Å². The van der Waals surface area contributed by atoms with Crippen molar-refractivity contribution in [1.29, 1.82) is 0 Å². The van der Waals surface area contributed by atoms with Crippen LogP contribution in [0.25, 0.3) is 0 Å². The monoisotopic (exact) mass is 246 g/mol. The number of hydrogen-bond acceptors (Lipinski definition) is 4. The van der Waals surface area contributed by atoms with Crippen LogP contribution in [0, 0.1) is 0 Å². The van der Waals surface area contributed by atoms with Crippen LogP contribution in [0.5, 0.6) is 5.75 Å². The minimum Gasteiger partial charge on any atom is -0.489 e. The van der Waals surface area contributed by atoms with E-state index in [1.807, 2.05) is 17.8 Å². The predicted molar refractivity (Wildman–Crippen MR) is 68.5 cm³/mol. The lowest BCUT2D eigenvalue weighted by Gasteiger charge is -2.09. The fraction of sp³-hybridized carbons (Fsp3) is 0.250. The second kappa shape index (κ2) is 5.70. The van der Waals surface area contributed by atoms with Gasteiger partial charge in [0.15, 0.2) is 0 Å². The van der Waals surface area contributed by atoms with Crippen molar-refractivity contribution in [2.75, 3.05) is 0 Å². The molecule has 18 heavy (non-hydrogen) atoms. The summed E-state index contributed by atoms with van der Waals surface area (Å²) in [6.07, 6.45) is 3.64. The van der Waals surface area contributed by atoms with E-state index in [9.17, 15) is 10.0 Å². The van der Waals surface area contributed by atoms with Crippen molar-refractivity contribution < 1.29 is 14.8 Å². The minimum absolute atomic E-state index is 0.351. The number of nitrogens with zero attached hydrogens (tertiary/aromatic N) is 2. The van der Waals surface area contributed by atoms with Crippen LogP contribution < -0.4 is 10.2 Å². The Labute approximate surface area is 106 Å². The highest BCUT2D eigenvalue weighted by Crippen LogP contribution is 2.10. The first-order valence-electron chi connectivity index (χ1n) is 5.80. The highest BCUT2D eigenvalue weighted by atomic mass is 16.5. The van der Waals surface area contributed by atoms with Gasteiger partial charge in [0, 0.05) is 23.8 Å². The van der Waals surface area contributed by atoms with E-state index in [4.69, 9.17) is 4.74 Å². The molecule has 1 aromatic heterocycles. The molecule has 0 radical (unpaired) electrons. The number of hydrogen-bond donors (Lipinski definition) is 2. The van der Waals surface area contributed by atoms with Gasteiger partial charge in [-0.3, -0.25) is 4.68 Å². The summed E-state index contributed by atoms with van der Waals surface area (Å²) < 4.78 is 7.38. The molecule has 94 valence electrons. The minimum atomic E-state index is -1.53. The summed E-state index contributed by atoms with van der Waals surface area (Å²) in [5.41, 5.74) is 1.31. The van der Waals surface area contributed by atoms with Gasteiger partial charge in [-0.1, -0.05) is 18.2 Å². The molecule has 0 aliphatic rings. The van der Waals surface area contributed by atoms with E-state index in [0.717, 1.165) is 12.1 Å². The van der Waals surface area contributed by atoms with Gasteiger partial charge in [0.25, 0.3) is 0 Å². The lowest BCUT2D eigenvalue weighted by molar-refractivity contribution is 0.306. The van der Waals surface area contributed by atoms with Gasteiger partial charge in [-0.2, -0.15) is 5.10 Å². The van der Waals surface area contributed by atoms with Crippen molar-refractivity contribution in [3.05, 3.63) is 42.2 Å². The van der Waals surface area contributed by atoms with Crippen molar-refractivity contribution in [3.63, 3.8) is 0 Å². The third-order valence-corrected chi connectivity index (χ3v) is 2.60. The SMILES string of the molecule is CCn1cc(COc2ccccc2B(O)O)cn1. The molecule has 1 aromatic carbocycles. The van der Waals surface area contributed by atoms with Crippen molar-refractivity contribution in [3.8, 4) is 5.75 Å². The molecule has 0 saturated heterocycles. The maximum atomic E-state index is 9.20. The van der Waals surface area contributed by atoms with E-state index >= 15 is 0 Å². The first-order valence-corrected chi connectivity index (χ1v) is 5.80. The van der Waals surface area contributed by atoms with Gasteiger partial charge in [0.2, 0.25) is 0 Å². The Morgan fingerprint density at radius 3 is 2.78 bits per heavy atom. The third kappa shape index (κ3) is 2.91. The topological polar surface area (TPSA) is 67.5 Å². The van der Waals surface area contributed by atoms with Gasteiger partial charge in [0.1, 0.15) is 12.4 Å². The van der Waals surface area contributed by atoms with Crippen molar-refractivity contribution in [2.45, 2.75) is 20.1 Å². The second-order valence-corrected chi connectivity index (χ2v) is 3.90. The van der Waals surface area contributed by atoms with E-state index in [1.54, 1.807) is 30.5 Å². The second-order valence-electron chi connectivity index (χ2n) is 3.90. The van der Waals surface area contributed by atoms with Crippen molar-refractivity contribution in [2.24, 2.45) is 0 Å². The molecule has 0 unspecified atom stereocenters. The Hall–Kier alpha value is -1.79. The zero-order chi connectivity index (χ0) is 13.0. The summed E-state index contributed by atoms with van der Waals surface area (Å²) in [6.45, 7) is 3.17. The maximum absolute atomic E-state index is 9.20. The predicted octanol–water partition coefficient (Wildman–Crippen LogP) is 0.162. The summed E-state index contributed by atoms with van der Waals surface area (Å²) in [6, 6.07) is 6.85. The molecular formula is C12H15BN2O3. The highest BCUT2D eigenvalue weighted by Gasteiger charge is 2.16. The van der Waals surface area contributed by atoms with Crippen LogP contribution in [0.1, 0.15) is 12.5 Å². The molecular weight excluding hydrogens is 231 g/mol. The Kier molecular flexibility index (Phi) is 4.01. The summed E-state index contributed by atoms with van der Waals surface area (Å²) in [5, 5.41) is 22.5. The van der Waals surface area contributed by atoms with Crippen LogP contribution in [0.4, 0.5) is 0 Å². The Morgan fingerprint density at radius 2 is 2.11 bits per heavy atom. The van der Waals surface area contributed by atoms with Gasteiger partial charge in [-0.25, -0.2) is 0 Å². The Balaban J connectivity index is 2.05. The van der Waals surface area contributed by atoms with Gasteiger partial charge < -0.3 is 14.8 Å². The number of para-hydroxylation sites is 1. The highest BCUT2D eigenvalue weighted by molar-refractivity contribution is 6.59. The summed E-state index contributed by atoms with van der Waals surface area (Å²) in [5.74, 6) is 0.469. The number of aryl methyl sites for hydroxylation is 1. The third-order valence-electron chi connectivity index (χ3n) is 2.60. The zero-order valence-corrected chi connectivity index (χ0v) is 10.2. The average Bonchev–Trinajstić information content (AvgIpc) is 2.84. The molecule has 2 rings (SSSR count). The molecule has 0 fully saturated rings. The van der Waals surface area contributed by atoms with E-state index < -0.39 is 7.12 Å². The molecule has 0 spiro atoms. The Morgan fingerprint density at radius 1 is 1.33 bits per heavy atom. The molecule has 0 amide bonds. The maximum Gasteiger partial charge on any atom is 0.492 e. The molecule has 2 aromatic rings. The fourth-order valence-electron chi connectivity index (χ4n) is 1.64. The number of aromatic nitrogens is 2.